The fourth-order valence-corrected chi connectivity index (χ4v) is 2.01. The lowest BCUT2D eigenvalue weighted by molar-refractivity contribution is 0.0995. The van der Waals surface area contributed by atoms with Gasteiger partial charge in [-0.15, -0.1) is 0 Å². The zero-order valence-corrected chi connectivity index (χ0v) is 11.5. The fourth-order valence-electron chi connectivity index (χ4n) is 1.13. The van der Waals surface area contributed by atoms with E-state index in [2.05, 4.69) is 20.3 Å². The van der Waals surface area contributed by atoms with Crippen LogP contribution in [0.1, 0.15) is 6.92 Å². The molecule has 1 aromatic heterocycles. The number of aromatic nitrogens is 3. The van der Waals surface area contributed by atoms with Crippen LogP contribution in [0.15, 0.2) is 0 Å². The molecule has 0 aliphatic carbocycles. The number of aliphatic hydroxyl groups is 1. The summed E-state index contributed by atoms with van der Waals surface area (Å²) in [5.74, 6) is 0.888. The molecule has 0 radical (unpaired) electrons. The molecular formula is C9H15ClN4O2S. The first-order valence-corrected chi connectivity index (χ1v) is 6.65. The topological polar surface area (TPSA) is 80.2 Å². The van der Waals surface area contributed by atoms with E-state index < -0.39 is 5.60 Å². The number of hydrogen-bond acceptors (Lipinski definition) is 7. The van der Waals surface area contributed by atoms with Gasteiger partial charge in [-0.1, -0.05) is 0 Å². The van der Waals surface area contributed by atoms with Gasteiger partial charge in [0.2, 0.25) is 11.2 Å². The zero-order chi connectivity index (χ0) is 12.9. The maximum atomic E-state index is 9.95. The molecule has 0 aliphatic rings. The average molecular weight is 279 g/mol. The van der Waals surface area contributed by atoms with Gasteiger partial charge in [0.15, 0.2) is 0 Å². The predicted octanol–water partition coefficient (Wildman–Crippen LogP) is 1.06. The highest BCUT2D eigenvalue weighted by molar-refractivity contribution is 7.98. The Morgan fingerprint density at radius 2 is 2.18 bits per heavy atom. The molecule has 17 heavy (non-hydrogen) atoms. The minimum absolute atomic E-state index is 0.0452. The van der Waals surface area contributed by atoms with E-state index >= 15 is 0 Å². The fraction of sp³-hybridized carbons (Fsp3) is 0.667. The van der Waals surface area contributed by atoms with Crippen molar-refractivity contribution < 1.29 is 9.84 Å². The highest BCUT2D eigenvalue weighted by atomic mass is 35.5. The first-order chi connectivity index (χ1) is 7.96. The summed E-state index contributed by atoms with van der Waals surface area (Å²) in [6.45, 7) is 2.05. The number of methoxy groups -OCH3 is 1. The van der Waals surface area contributed by atoms with Crippen LogP contribution in [0.3, 0.4) is 0 Å². The highest BCUT2D eigenvalue weighted by Gasteiger charge is 2.20. The summed E-state index contributed by atoms with van der Waals surface area (Å²) in [6.07, 6.45) is 1.93. The van der Waals surface area contributed by atoms with Crippen molar-refractivity contribution in [3.8, 4) is 6.01 Å². The second kappa shape index (κ2) is 6.23. The molecular weight excluding hydrogens is 264 g/mol. The third-order valence-electron chi connectivity index (χ3n) is 1.85. The largest absolute Gasteiger partial charge is 0.467 e. The molecule has 0 amide bonds. The number of thioether (sulfide) groups is 1. The summed E-state index contributed by atoms with van der Waals surface area (Å²) >= 11 is 7.25. The van der Waals surface area contributed by atoms with E-state index in [1.54, 1.807) is 18.7 Å². The van der Waals surface area contributed by atoms with Gasteiger partial charge in [-0.05, 0) is 24.8 Å². The summed E-state index contributed by atoms with van der Waals surface area (Å²) < 4.78 is 4.86. The highest BCUT2D eigenvalue weighted by Crippen LogP contribution is 2.14. The Kier molecular flexibility index (Phi) is 5.23. The maximum absolute atomic E-state index is 9.95. The van der Waals surface area contributed by atoms with Gasteiger partial charge >= 0.3 is 6.01 Å². The van der Waals surface area contributed by atoms with Gasteiger partial charge in [0.05, 0.1) is 12.7 Å². The Hall–Kier alpha value is -0.790. The quantitative estimate of drug-likeness (QED) is 0.805. The summed E-state index contributed by atoms with van der Waals surface area (Å²) in [6, 6.07) is 0.136. The molecule has 0 aliphatic heterocycles. The summed E-state index contributed by atoms with van der Waals surface area (Å²) in [7, 11) is 1.44. The number of ether oxygens (including phenoxy) is 1. The van der Waals surface area contributed by atoms with Crippen LogP contribution in [0.4, 0.5) is 5.95 Å². The minimum atomic E-state index is -0.842. The monoisotopic (exact) mass is 278 g/mol. The molecule has 0 spiro atoms. The van der Waals surface area contributed by atoms with E-state index in [1.807, 2.05) is 6.26 Å². The van der Waals surface area contributed by atoms with Crippen LogP contribution < -0.4 is 10.1 Å². The van der Waals surface area contributed by atoms with Crippen LogP contribution in [0.25, 0.3) is 0 Å². The number of rotatable bonds is 6. The lowest BCUT2D eigenvalue weighted by Gasteiger charge is -2.22. The van der Waals surface area contributed by atoms with Crippen LogP contribution in [0.5, 0.6) is 6.01 Å². The lowest BCUT2D eigenvalue weighted by atomic mass is 10.1. The average Bonchev–Trinajstić information content (AvgIpc) is 2.26. The van der Waals surface area contributed by atoms with Crippen LogP contribution in [-0.2, 0) is 0 Å². The molecule has 0 bridgehead atoms. The third kappa shape index (κ3) is 4.93. The smallest absolute Gasteiger partial charge is 0.322 e. The first-order valence-electron chi connectivity index (χ1n) is 4.87. The van der Waals surface area contributed by atoms with Crippen LogP contribution >= 0.6 is 23.4 Å². The molecule has 1 atom stereocenters. The molecule has 6 nitrogen and oxygen atoms in total. The van der Waals surface area contributed by atoms with E-state index in [1.165, 1.54) is 7.11 Å². The van der Waals surface area contributed by atoms with Crippen molar-refractivity contribution in [1.82, 2.24) is 15.0 Å². The molecule has 0 fully saturated rings. The summed E-state index contributed by atoms with van der Waals surface area (Å²) in [5.41, 5.74) is -0.842. The number of nitrogens with one attached hydrogen (secondary N) is 1. The van der Waals surface area contributed by atoms with Crippen LogP contribution in [0, 0.1) is 0 Å². The van der Waals surface area contributed by atoms with Gasteiger partial charge < -0.3 is 15.2 Å². The van der Waals surface area contributed by atoms with E-state index in [-0.39, 0.29) is 17.2 Å². The molecule has 0 aromatic carbocycles. The number of hydrogen-bond donors (Lipinski definition) is 2. The van der Waals surface area contributed by atoms with Crippen molar-refractivity contribution in [2.45, 2.75) is 12.5 Å². The van der Waals surface area contributed by atoms with E-state index in [0.29, 0.717) is 12.3 Å². The predicted molar refractivity (Wildman–Crippen MR) is 68.9 cm³/mol. The molecule has 1 aromatic rings. The molecule has 0 saturated carbocycles. The second-order valence-electron chi connectivity index (χ2n) is 3.70. The Bertz CT molecular complexity index is 378. The normalized spacial score (nSPS) is 14.2. The summed E-state index contributed by atoms with van der Waals surface area (Å²) in [4.78, 5) is 11.6. The number of halogens is 1. The van der Waals surface area contributed by atoms with Crippen molar-refractivity contribution in [1.29, 1.82) is 0 Å². The van der Waals surface area contributed by atoms with Crippen LogP contribution in [-0.4, -0.2) is 51.3 Å². The Balaban J connectivity index is 2.65. The number of nitrogens with zero attached hydrogens (tertiary/aromatic N) is 3. The van der Waals surface area contributed by atoms with E-state index in [9.17, 15) is 5.11 Å². The Morgan fingerprint density at radius 1 is 1.47 bits per heavy atom. The van der Waals surface area contributed by atoms with Crippen molar-refractivity contribution in [3.05, 3.63) is 5.28 Å². The van der Waals surface area contributed by atoms with E-state index in [4.69, 9.17) is 16.3 Å². The zero-order valence-electron chi connectivity index (χ0n) is 9.90. The van der Waals surface area contributed by atoms with Gasteiger partial charge in [0, 0.05) is 12.3 Å². The molecule has 1 heterocycles. The SMILES string of the molecule is COc1nc(Cl)nc(NCC(C)(O)CSC)n1. The molecule has 2 N–H and O–H groups in total. The molecule has 1 unspecified atom stereocenters. The number of anilines is 1. The van der Waals surface area contributed by atoms with Gasteiger partial charge in [-0.25, -0.2) is 0 Å². The van der Waals surface area contributed by atoms with Gasteiger partial charge in [0.1, 0.15) is 0 Å². The summed E-state index contributed by atoms with van der Waals surface area (Å²) in [5, 5.41) is 12.9. The second-order valence-corrected chi connectivity index (χ2v) is 4.90. The third-order valence-corrected chi connectivity index (χ3v) is 2.93. The molecule has 8 heteroatoms. The molecule has 1 rings (SSSR count). The van der Waals surface area contributed by atoms with Gasteiger partial charge in [0.25, 0.3) is 0 Å². The van der Waals surface area contributed by atoms with Gasteiger partial charge in [-0.2, -0.15) is 26.7 Å². The maximum Gasteiger partial charge on any atom is 0.322 e. The Morgan fingerprint density at radius 3 is 2.76 bits per heavy atom. The molecule has 0 saturated heterocycles. The Labute approximate surface area is 109 Å². The molecule has 96 valence electrons. The minimum Gasteiger partial charge on any atom is -0.467 e. The van der Waals surface area contributed by atoms with Crippen molar-refractivity contribution >= 4 is 29.3 Å². The van der Waals surface area contributed by atoms with Crippen molar-refractivity contribution in [2.75, 3.05) is 31.0 Å². The van der Waals surface area contributed by atoms with E-state index in [0.717, 1.165) is 0 Å². The lowest BCUT2D eigenvalue weighted by Crippen LogP contribution is -2.36. The van der Waals surface area contributed by atoms with Crippen molar-refractivity contribution in [2.24, 2.45) is 0 Å². The standard InChI is InChI=1S/C9H15ClN4O2S/c1-9(15,5-17-3)4-11-7-12-6(10)13-8(14-7)16-2/h15H,4-5H2,1-3H3,(H,11,12,13,14). The first kappa shape index (κ1) is 14.3. The van der Waals surface area contributed by atoms with Crippen molar-refractivity contribution in [3.63, 3.8) is 0 Å². The van der Waals surface area contributed by atoms with Gasteiger partial charge in [-0.3, -0.25) is 0 Å². The van der Waals surface area contributed by atoms with Crippen LogP contribution in [0.2, 0.25) is 5.28 Å².